The number of aliphatic carboxylic acids is 1. The molecule has 0 aliphatic carbocycles. The predicted octanol–water partition coefficient (Wildman–Crippen LogP) is 8.01. The van der Waals surface area contributed by atoms with Gasteiger partial charge in [0.2, 0.25) is 0 Å². The standard InChI is InChI=1S/C34H48FN7O4/c1-2-3-4-5-6-7-8-9-14-31(39-40-36)46-30-18-16-26(23-28(30)35)29(24-32(43)44)42-22-21-41(34(42)45)20-11-13-27-17-15-25-12-10-19-37-33(25)38-27/h15-18,23,29,31H,2-14,19-22,24H2,1H3,(H,37,38)(H,43,44)/t29-,31?/m0/s1. The van der Waals surface area contributed by atoms with Crippen LogP contribution in [0.4, 0.5) is 15.0 Å². The van der Waals surface area contributed by atoms with Crippen LogP contribution in [0.5, 0.6) is 5.75 Å². The number of unbranched alkanes of at least 4 members (excludes halogenated alkanes) is 7. The summed E-state index contributed by atoms with van der Waals surface area (Å²) in [6.07, 6.45) is 11.8. The molecule has 0 saturated carbocycles. The number of aromatic nitrogens is 1. The molecule has 0 radical (unpaired) electrons. The average molecular weight is 638 g/mol. The van der Waals surface area contributed by atoms with Gasteiger partial charge in [-0.3, -0.25) is 4.79 Å². The SMILES string of the molecule is CCCCCCCCCCC(N=[N+]=[N-])Oc1ccc([C@H](CC(=O)O)N2CCN(CCCc3ccc4c(n3)NCCC4)C2=O)cc1F. The number of benzene rings is 1. The second-order valence-corrected chi connectivity index (χ2v) is 12.3. The second kappa shape index (κ2) is 18.2. The van der Waals surface area contributed by atoms with Gasteiger partial charge in [0, 0.05) is 36.8 Å². The number of halogens is 1. The van der Waals surface area contributed by atoms with E-state index in [0.29, 0.717) is 31.6 Å². The van der Waals surface area contributed by atoms with E-state index in [4.69, 9.17) is 15.3 Å². The average Bonchev–Trinajstić information content (AvgIpc) is 3.41. The maximum atomic E-state index is 15.3. The van der Waals surface area contributed by atoms with Crippen molar-refractivity contribution in [1.82, 2.24) is 14.8 Å². The first-order valence-electron chi connectivity index (χ1n) is 16.9. The number of amides is 2. The Morgan fingerprint density at radius 1 is 1.13 bits per heavy atom. The maximum Gasteiger partial charge on any atom is 0.320 e. The van der Waals surface area contributed by atoms with Crippen molar-refractivity contribution in [3.8, 4) is 5.75 Å². The van der Waals surface area contributed by atoms with Gasteiger partial charge in [-0.2, -0.15) is 0 Å². The van der Waals surface area contributed by atoms with Crippen LogP contribution in [0.3, 0.4) is 0 Å². The highest BCUT2D eigenvalue weighted by Crippen LogP contribution is 2.32. The molecule has 12 heteroatoms. The van der Waals surface area contributed by atoms with Crippen molar-refractivity contribution in [3.05, 3.63) is 63.4 Å². The highest BCUT2D eigenvalue weighted by molar-refractivity contribution is 5.78. The highest BCUT2D eigenvalue weighted by atomic mass is 19.1. The van der Waals surface area contributed by atoms with Crippen LogP contribution in [0, 0.1) is 5.82 Å². The monoisotopic (exact) mass is 637 g/mol. The summed E-state index contributed by atoms with van der Waals surface area (Å²) in [5.41, 5.74) is 11.6. The Bertz CT molecular complexity index is 1350. The van der Waals surface area contributed by atoms with Gasteiger partial charge in [0.05, 0.1) is 12.5 Å². The number of rotatable bonds is 20. The summed E-state index contributed by atoms with van der Waals surface area (Å²) >= 11 is 0. The number of hydrogen-bond donors (Lipinski definition) is 2. The van der Waals surface area contributed by atoms with Crippen molar-refractivity contribution in [2.45, 2.75) is 109 Å². The van der Waals surface area contributed by atoms with E-state index in [1.807, 2.05) is 6.07 Å². The fourth-order valence-corrected chi connectivity index (χ4v) is 6.25. The number of ether oxygens (including phenoxy) is 1. The van der Waals surface area contributed by atoms with E-state index >= 15 is 4.39 Å². The van der Waals surface area contributed by atoms with Gasteiger partial charge < -0.3 is 25.0 Å². The van der Waals surface area contributed by atoms with E-state index in [-0.39, 0.29) is 18.2 Å². The summed E-state index contributed by atoms with van der Waals surface area (Å²) in [7, 11) is 0. The van der Waals surface area contributed by atoms with E-state index in [1.54, 1.807) is 11.0 Å². The molecular weight excluding hydrogens is 589 g/mol. The smallest absolute Gasteiger partial charge is 0.320 e. The van der Waals surface area contributed by atoms with Crippen LogP contribution in [0.15, 0.2) is 35.4 Å². The van der Waals surface area contributed by atoms with Gasteiger partial charge in [0.25, 0.3) is 0 Å². The van der Waals surface area contributed by atoms with Crippen molar-refractivity contribution in [2.75, 3.05) is 31.5 Å². The quantitative estimate of drug-likeness (QED) is 0.0651. The number of nitrogens with zero attached hydrogens (tertiary/aromatic N) is 6. The molecule has 11 nitrogen and oxygen atoms in total. The molecular formula is C34H48FN7O4. The fourth-order valence-electron chi connectivity index (χ4n) is 6.25. The molecule has 0 spiro atoms. The van der Waals surface area contributed by atoms with E-state index in [1.165, 1.54) is 54.7 Å². The first kappa shape index (κ1) is 34.8. The van der Waals surface area contributed by atoms with Crippen LogP contribution in [-0.2, 0) is 17.6 Å². The van der Waals surface area contributed by atoms with E-state index in [0.717, 1.165) is 63.0 Å². The molecule has 1 aromatic heterocycles. The molecule has 2 aliphatic heterocycles. The van der Waals surface area contributed by atoms with Crippen molar-refractivity contribution in [1.29, 1.82) is 0 Å². The highest BCUT2D eigenvalue weighted by Gasteiger charge is 2.35. The van der Waals surface area contributed by atoms with Gasteiger partial charge >= 0.3 is 12.0 Å². The molecule has 1 unspecified atom stereocenters. The summed E-state index contributed by atoms with van der Waals surface area (Å²) in [5.74, 6) is -0.908. The molecule has 2 aliphatic rings. The Balaban J connectivity index is 1.31. The molecule has 46 heavy (non-hydrogen) atoms. The van der Waals surface area contributed by atoms with Crippen molar-refractivity contribution in [2.24, 2.45) is 5.11 Å². The van der Waals surface area contributed by atoms with Crippen LogP contribution in [0.1, 0.15) is 107 Å². The first-order chi connectivity index (χ1) is 22.4. The number of fused-ring (bicyclic) bond motifs is 1. The number of hydrogen-bond acceptors (Lipinski definition) is 6. The minimum absolute atomic E-state index is 0.0739. The van der Waals surface area contributed by atoms with E-state index in [2.05, 4.69) is 28.3 Å². The molecule has 1 fully saturated rings. The maximum absolute atomic E-state index is 15.3. The summed E-state index contributed by atoms with van der Waals surface area (Å²) < 4.78 is 21.0. The molecule has 250 valence electrons. The third kappa shape index (κ3) is 10.2. The Labute approximate surface area is 271 Å². The van der Waals surface area contributed by atoms with Crippen LogP contribution in [-0.4, -0.2) is 64.3 Å². The number of urea groups is 1. The Hall–Kier alpha value is -4.05. The van der Waals surface area contributed by atoms with Gasteiger partial charge in [-0.25, -0.2) is 14.2 Å². The summed E-state index contributed by atoms with van der Waals surface area (Å²) in [6, 6.07) is 7.29. The van der Waals surface area contributed by atoms with Crippen molar-refractivity contribution >= 4 is 17.8 Å². The molecule has 2 N–H and O–H groups in total. The number of carboxylic acid groups (broad SMARTS) is 1. The molecule has 3 heterocycles. The first-order valence-corrected chi connectivity index (χ1v) is 16.9. The molecule has 1 saturated heterocycles. The zero-order chi connectivity index (χ0) is 32.7. The summed E-state index contributed by atoms with van der Waals surface area (Å²) in [4.78, 5) is 36.0. The largest absolute Gasteiger partial charge is 0.481 e. The van der Waals surface area contributed by atoms with Gasteiger partial charge in [0.15, 0.2) is 17.8 Å². The van der Waals surface area contributed by atoms with Gasteiger partial charge in [0.1, 0.15) is 5.82 Å². The van der Waals surface area contributed by atoms with Crippen LogP contribution in [0.25, 0.3) is 10.4 Å². The Morgan fingerprint density at radius 2 is 1.91 bits per heavy atom. The van der Waals surface area contributed by atoms with Crippen LogP contribution < -0.4 is 10.1 Å². The number of carbonyl (C=O) groups excluding carboxylic acids is 1. The molecule has 4 rings (SSSR count). The minimum atomic E-state index is -1.09. The molecule has 2 amide bonds. The number of aryl methyl sites for hydroxylation is 2. The van der Waals surface area contributed by atoms with Gasteiger partial charge in [-0.05, 0) is 78.5 Å². The second-order valence-electron chi connectivity index (χ2n) is 12.3. The lowest BCUT2D eigenvalue weighted by molar-refractivity contribution is -0.138. The van der Waals surface area contributed by atoms with Gasteiger partial charge in [-0.15, -0.1) is 0 Å². The zero-order valence-corrected chi connectivity index (χ0v) is 27.0. The Morgan fingerprint density at radius 3 is 2.65 bits per heavy atom. The van der Waals surface area contributed by atoms with Crippen molar-refractivity contribution in [3.63, 3.8) is 0 Å². The lowest BCUT2D eigenvalue weighted by atomic mass is 10.0. The lowest BCUT2D eigenvalue weighted by Crippen LogP contribution is -2.36. The summed E-state index contributed by atoms with van der Waals surface area (Å²) in [6.45, 7) is 4.44. The number of pyridine rings is 1. The van der Waals surface area contributed by atoms with E-state index < -0.39 is 24.1 Å². The number of azide groups is 1. The minimum Gasteiger partial charge on any atom is -0.481 e. The normalized spacial score (nSPS) is 15.6. The van der Waals surface area contributed by atoms with Crippen LogP contribution in [0.2, 0.25) is 0 Å². The van der Waals surface area contributed by atoms with E-state index in [9.17, 15) is 14.7 Å². The molecule has 2 atom stereocenters. The summed E-state index contributed by atoms with van der Waals surface area (Å²) in [5, 5.41) is 16.7. The number of anilines is 1. The third-order valence-electron chi connectivity index (χ3n) is 8.77. The van der Waals surface area contributed by atoms with Crippen LogP contribution >= 0.6 is 0 Å². The number of carboxylic acids is 1. The number of carbonyl (C=O) groups is 2. The zero-order valence-electron chi connectivity index (χ0n) is 27.0. The predicted molar refractivity (Wildman–Crippen MR) is 175 cm³/mol. The Kier molecular flexibility index (Phi) is 13.8. The van der Waals surface area contributed by atoms with Crippen molar-refractivity contribution < 1.29 is 23.8 Å². The molecule has 1 aromatic carbocycles. The lowest BCUT2D eigenvalue weighted by Gasteiger charge is -2.27. The fraction of sp³-hybridized carbons (Fsp3) is 0.618. The third-order valence-corrected chi connectivity index (χ3v) is 8.77. The molecule has 2 aromatic rings. The molecule has 0 bridgehead atoms. The number of nitrogens with one attached hydrogen (secondary N) is 1. The topological polar surface area (TPSA) is 144 Å². The van der Waals surface area contributed by atoms with Gasteiger partial charge in [-0.1, -0.05) is 64.0 Å².